The van der Waals surface area contributed by atoms with Gasteiger partial charge in [0.05, 0.1) is 22.5 Å². The minimum atomic E-state index is -0.543. The predicted molar refractivity (Wildman–Crippen MR) is 199 cm³/mol. The van der Waals surface area contributed by atoms with Gasteiger partial charge in [-0.25, -0.2) is 9.97 Å². The SMILES string of the molecule is c1ccc(-c2cc(-c3ccccn3)nc(-c3ccccc3-c3ccc4c(c3)C3(c5ccccc5O4)c4ccccc4-c4ccccc43)n2)cc1. The quantitative estimate of drug-likeness (QED) is 0.192. The van der Waals surface area contributed by atoms with Crippen LogP contribution in [0.4, 0.5) is 0 Å². The Bertz CT molecular complexity index is 2480. The molecule has 50 heavy (non-hydrogen) atoms. The van der Waals surface area contributed by atoms with E-state index in [1.165, 1.54) is 22.3 Å². The minimum Gasteiger partial charge on any atom is -0.457 e. The van der Waals surface area contributed by atoms with E-state index in [1.54, 1.807) is 6.20 Å². The molecule has 0 radical (unpaired) electrons. The van der Waals surface area contributed by atoms with Gasteiger partial charge in [0.15, 0.2) is 5.82 Å². The lowest BCUT2D eigenvalue weighted by Gasteiger charge is -2.39. The largest absolute Gasteiger partial charge is 0.457 e. The molecule has 0 unspecified atom stereocenters. The van der Waals surface area contributed by atoms with Gasteiger partial charge in [0.2, 0.25) is 0 Å². The third kappa shape index (κ3) is 4.22. The average molecular weight is 640 g/mol. The van der Waals surface area contributed by atoms with Crippen LogP contribution in [0.1, 0.15) is 22.3 Å². The van der Waals surface area contributed by atoms with Crippen LogP contribution in [0.3, 0.4) is 0 Å². The van der Waals surface area contributed by atoms with Crippen molar-refractivity contribution in [3.63, 3.8) is 0 Å². The van der Waals surface area contributed by atoms with E-state index in [-0.39, 0.29) is 0 Å². The molecule has 234 valence electrons. The number of hydrogen-bond acceptors (Lipinski definition) is 4. The molecule has 0 bridgehead atoms. The molecule has 1 spiro atoms. The van der Waals surface area contributed by atoms with Gasteiger partial charge in [-0.05, 0) is 69.8 Å². The van der Waals surface area contributed by atoms with Crippen LogP contribution >= 0.6 is 0 Å². The lowest BCUT2D eigenvalue weighted by molar-refractivity contribution is 0.436. The predicted octanol–water partition coefficient (Wildman–Crippen LogP) is 11.0. The summed E-state index contributed by atoms with van der Waals surface area (Å²) in [6, 6.07) is 59.3. The lowest BCUT2D eigenvalue weighted by Crippen LogP contribution is -2.32. The fraction of sp³-hybridized carbons (Fsp3) is 0.0217. The number of rotatable bonds is 4. The van der Waals surface area contributed by atoms with Gasteiger partial charge in [-0.2, -0.15) is 0 Å². The third-order valence-electron chi connectivity index (χ3n) is 10.0. The summed E-state index contributed by atoms with van der Waals surface area (Å²) in [4.78, 5) is 14.9. The molecule has 4 heteroatoms. The van der Waals surface area contributed by atoms with Crippen molar-refractivity contribution in [2.75, 3.05) is 0 Å². The minimum absolute atomic E-state index is 0.543. The maximum atomic E-state index is 6.70. The standard InChI is InChI=1S/C46H29N3O/c1-2-14-30(15-3-1)41-29-42(40-23-12-13-27-47-40)49-45(48-41)35-19-5-4-16-32(35)31-25-26-44-39(28-31)46(38-22-10-11-24-43(38)50-44)36-20-8-6-17-33(36)34-18-7-9-21-37(34)46/h1-29H. The Morgan fingerprint density at radius 1 is 0.380 bits per heavy atom. The molecule has 0 saturated heterocycles. The second kappa shape index (κ2) is 11.2. The van der Waals surface area contributed by atoms with Gasteiger partial charge in [-0.3, -0.25) is 4.98 Å². The van der Waals surface area contributed by atoms with Crippen LogP contribution < -0.4 is 4.74 Å². The zero-order valence-electron chi connectivity index (χ0n) is 27.0. The van der Waals surface area contributed by atoms with E-state index < -0.39 is 5.41 Å². The Balaban J connectivity index is 1.21. The topological polar surface area (TPSA) is 47.9 Å². The number of fused-ring (bicyclic) bond motifs is 9. The summed E-state index contributed by atoms with van der Waals surface area (Å²) in [6.45, 7) is 0. The molecule has 2 aromatic heterocycles. The number of ether oxygens (including phenoxy) is 1. The van der Waals surface area contributed by atoms with Crippen molar-refractivity contribution in [2.45, 2.75) is 5.41 Å². The summed E-state index contributed by atoms with van der Waals surface area (Å²) in [7, 11) is 0. The van der Waals surface area contributed by atoms with Crippen LogP contribution in [-0.4, -0.2) is 15.0 Å². The molecule has 0 amide bonds. The molecule has 8 aromatic rings. The molecule has 10 rings (SSSR count). The fourth-order valence-electron chi connectivity index (χ4n) is 7.92. The maximum Gasteiger partial charge on any atom is 0.161 e. The summed E-state index contributed by atoms with van der Waals surface area (Å²) >= 11 is 0. The number of benzene rings is 6. The van der Waals surface area contributed by atoms with Gasteiger partial charge in [0.25, 0.3) is 0 Å². The zero-order valence-corrected chi connectivity index (χ0v) is 27.0. The van der Waals surface area contributed by atoms with Crippen molar-refractivity contribution >= 4 is 0 Å². The van der Waals surface area contributed by atoms with Crippen LogP contribution in [0.25, 0.3) is 56.3 Å². The summed E-state index contributed by atoms with van der Waals surface area (Å²) < 4.78 is 6.70. The number of hydrogen-bond donors (Lipinski definition) is 0. The van der Waals surface area contributed by atoms with Crippen LogP contribution in [0.5, 0.6) is 11.5 Å². The van der Waals surface area contributed by atoms with Gasteiger partial charge in [0, 0.05) is 28.5 Å². The third-order valence-corrected chi connectivity index (χ3v) is 10.0. The second-order valence-electron chi connectivity index (χ2n) is 12.7. The molecular formula is C46H29N3O. The molecule has 2 aliphatic rings. The average Bonchev–Trinajstić information content (AvgIpc) is 3.49. The Morgan fingerprint density at radius 2 is 0.980 bits per heavy atom. The van der Waals surface area contributed by atoms with Crippen LogP contribution in [0.15, 0.2) is 176 Å². The molecule has 3 heterocycles. The van der Waals surface area contributed by atoms with E-state index in [0.29, 0.717) is 5.82 Å². The molecule has 0 N–H and O–H groups in total. The van der Waals surface area contributed by atoms with E-state index in [0.717, 1.165) is 62.0 Å². The summed E-state index contributed by atoms with van der Waals surface area (Å²) in [5.74, 6) is 2.39. The van der Waals surface area contributed by atoms with Crippen molar-refractivity contribution < 1.29 is 4.74 Å². The summed E-state index contributed by atoms with van der Waals surface area (Å²) in [5.41, 5.74) is 13.3. The van der Waals surface area contributed by atoms with Crippen LogP contribution in [0.2, 0.25) is 0 Å². The van der Waals surface area contributed by atoms with Crippen molar-refractivity contribution in [1.82, 2.24) is 15.0 Å². The first-order chi connectivity index (χ1) is 24.8. The first-order valence-electron chi connectivity index (χ1n) is 16.9. The zero-order chi connectivity index (χ0) is 33.1. The number of pyridine rings is 1. The van der Waals surface area contributed by atoms with E-state index in [4.69, 9.17) is 14.7 Å². The van der Waals surface area contributed by atoms with Gasteiger partial charge in [-0.1, -0.05) is 133 Å². The van der Waals surface area contributed by atoms with Crippen molar-refractivity contribution in [3.05, 3.63) is 198 Å². The molecule has 6 aromatic carbocycles. The highest BCUT2D eigenvalue weighted by atomic mass is 16.5. The van der Waals surface area contributed by atoms with Crippen LogP contribution in [0, 0.1) is 0 Å². The highest BCUT2D eigenvalue weighted by Gasteiger charge is 2.51. The van der Waals surface area contributed by atoms with Gasteiger partial charge >= 0.3 is 0 Å². The van der Waals surface area contributed by atoms with E-state index >= 15 is 0 Å². The highest BCUT2D eigenvalue weighted by molar-refractivity contribution is 5.90. The first kappa shape index (κ1) is 28.4. The number of para-hydroxylation sites is 1. The Labute approximate surface area is 290 Å². The second-order valence-corrected chi connectivity index (χ2v) is 12.7. The van der Waals surface area contributed by atoms with Crippen molar-refractivity contribution in [2.24, 2.45) is 0 Å². The highest BCUT2D eigenvalue weighted by Crippen LogP contribution is 2.62. The van der Waals surface area contributed by atoms with E-state index in [2.05, 4.69) is 132 Å². The molecule has 0 atom stereocenters. The fourth-order valence-corrected chi connectivity index (χ4v) is 7.92. The summed E-state index contributed by atoms with van der Waals surface area (Å²) in [5, 5.41) is 0. The van der Waals surface area contributed by atoms with Gasteiger partial charge in [0.1, 0.15) is 11.5 Å². The van der Waals surface area contributed by atoms with Gasteiger partial charge in [-0.15, -0.1) is 0 Å². The Kier molecular flexibility index (Phi) is 6.36. The smallest absolute Gasteiger partial charge is 0.161 e. The van der Waals surface area contributed by atoms with Crippen molar-refractivity contribution in [3.8, 4) is 67.8 Å². The molecule has 1 aliphatic carbocycles. The maximum absolute atomic E-state index is 6.70. The summed E-state index contributed by atoms with van der Waals surface area (Å²) in [6.07, 6.45) is 1.80. The first-order valence-corrected chi connectivity index (χ1v) is 16.9. The molecular weight excluding hydrogens is 611 g/mol. The van der Waals surface area contributed by atoms with Crippen LogP contribution in [-0.2, 0) is 5.41 Å². The van der Waals surface area contributed by atoms with E-state index in [9.17, 15) is 0 Å². The monoisotopic (exact) mass is 639 g/mol. The molecule has 4 nitrogen and oxygen atoms in total. The van der Waals surface area contributed by atoms with E-state index in [1.807, 2.05) is 42.5 Å². The Morgan fingerprint density at radius 3 is 1.72 bits per heavy atom. The normalized spacial score (nSPS) is 13.1. The van der Waals surface area contributed by atoms with Crippen molar-refractivity contribution in [1.29, 1.82) is 0 Å². The van der Waals surface area contributed by atoms with Gasteiger partial charge < -0.3 is 4.74 Å². The number of nitrogens with zero attached hydrogens (tertiary/aromatic N) is 3. The lowest BCUT2D eigenvalue weighted by atomic mass is 9.65. The number of aromatic nitrogens is 3. The molecule has 1 aliphatic heterocycles. The molecule has 0 fully saturated rings. The molecule has 0 saturated carbocycles. The Hall–Kier alpha value is -6.65.